The van der Waals surface area contributed by atoms with Gasteiger partial charge in [0, 0.05) is 24.1 Å². The second-order valence-corrected chi connectivity index (χ2v) is 8.85. The third kappa shape index (κ3) is 5.70. The topological polar surface area (TPSA) is 69.0 Å². The van der Waals surface area contributed by atoms with Crippen LogP contribution in [-0.4, -0.2) is 37.1 Å². The van der Waals surface area contributed by atoms with E-state index in [9.17, 15) is 9.36 Å². The molecule has 0 aliphatic carbocycles. The fourth-order valence-corrected chi connectivity index (χ4v) is 4.18. The van der Waals surface area contributed by atoms with Gasteiger partial charge in [-0.15, -0.1) is 0 Å². The van der Waals surface area contributed by atoms with Crippen molar-refractivity contribution in [1.29, 1.82) is 0 Å². The minimum absolute atomic E-state index is 0.0244. The highest BCUT2D eigenvalue weighted by Crippen LogP contribution is 2.52. The van der Waals surface area contributed by atoms with Crippen molar-refractivity contribution in [2.45, 2.75) is 60.0 Å². The van der Waals surface area contributed by atoms with Crippen LogP contribution in [0.2, 0.25) is 0 Å². The molecule has 1 rings (SSSR count). The van der Waals surface area contributed by atoms with Crippen LogP contribution in [0, 0.1) is 0 Å². The van der Waals surface area contributed by atoms with E-state index in [1.165, 1.54) is 0 Å². The van der Waals surface area contributed by atoms with Gasteiger partial charge in [0.25, 0.3) is 5.91 Å². The Hall–Kier alpha value is -1.10. The summed E-state index contributed by atoms with van der Waals surface area (Å²) in [6.07, 6.45) is 0.0244. The largest absolute Gasteiger partial charge is 0.455 e. The molecule has 7 heteroatoms. The number of hydrogen-bond donors (Lipinski definition) is 0. The van der Waals surface area contributed by atoms with Gasteiger partial charge in [0.15, 0.2) is 5.76 Å². The molecular formula is C18H32NO5P. The summed E-state index contributed by atoms with van der Waals surface area (Å²) in [6.45, 7) is 15.1. The maximum absolute atomic E-state index is 12.9. The van der Waals surface area contributed by atoms with Gasteiger partial charge in [0.05, 0.1) is 19.4 Å². The van der Waals surface area contributed by atoms with Crippen molar-refractivity contribution in [1.82, 2.24) is 4.90 Å². The van der Waals surface area contributed by atoms with E-state index >= 15 is 0 Å². The van der Waals surface area contributed by atoms with Crippen molar-refractivity contribution in [2.24, 2.45) is 0 Å². The Morgan fingerprint density at radius 2 is 1.64 bits per heavy atom. The molecule has 0 saturated heterocycles. The van der Waals surface area contributed by atoms with Gasteiger partial charge in [0.2, 0.25) is 0 Å². The predicted molar refractivity (Wildman–Crippen MR) is 99.2 cm³/mol. The van der Waals surface area contributed by atoms with E-state index < -0.39 is 7.60 Å². The zero-order chi connectivity index (χ0) is 19.3. The quantitative estimate of drug-likeness (QED) is 0.580. The van der Waals surface area contributed by atoms with Gasteiger partial charge in [-0.2, -0.15) is 0 Å². The Morgan fingerprint density at radius 3 is 2.04 bits per heavy atom. The highest BCUT2D eigenvalue weighted by molar-refractivity contribution is 7.53. The highest BCUT2D eigenvalue weighted by Gasteiger charge is 2.32. The van der Waals surface area contributed by atoms with Gasteiger partial charge in [-0.25, -0.2) is 0 Å². The first kappa shape index (κ1) is 21.9. The molecule has 6 nitrogen and oxygen atoms in total. The van der Waals surface area contributed by atoms with E-state index in [0.29, 0.717) is 24.4 Å². The fraction of sp³-hybridized carbons (Fsp3) is 0.722. The SMILES string of the molecule is CCOP(=O)(Cc1cc(C(C)(C)C)oc1C(=O)N(CC)CC)OCC. The lowest BCUT2D eigenvalue weighted by Gasteiger charge is -2.19. The second kappa shape index (κ2) is 9.02. The lowest BCUT2D eigenvalue weighted by Crippen LogP contribution is -2.30. The van der Waals surface area contributed by atoms with Gasteiger partial charge < -0.3 is 18.4 Å². The number of nitrogens with zero attached hydrogens (tertiary/aromatic N) is 1. The first-order valence-electron chi connectivity index (χ1n) is 8.92. The molecule has 0 spiro atoms. The Morgan fingerprint density at radius 1 is 1.12 bits per heavy atom. The van der Waals surface area contributed by atoms with Crippen LogP contribution < -0.4 is 0 Å². The molecule has 0 fully saturated rings. The summed E-state index contributed by atoms with van der Waals surface area (Å²) in [7, 11) is -3.32. The monoisotopic (exact) mass is 373 g/mol. The lowest BCUT2D eigenvalue weighted by molar-refractivity contribution is 0.0736. The van der Waals surface area contributed by atoms with Crippen molar-refractivity contribution >= 4 is 13.5 Å². The summed E-state index contributed by atoms with van der Waals surface area (Å²) in [5, 5.41) is 0. The van der Waals surface area contributed by atoms with Gasteiger partial charge >= 0.3 is 7.60 Å². The maximum atomic E-state index is 12.9. The summed E-state index contributed by atoms with van der Waals surface area (Å²) in [6, 6.07) is 1.81. The lowest BCUT2D eigenvalue weighted by atomic mass is 9.93. The molecule has 0 aromatic carbocycles. The zero-order valence-electron chi connectivity index (χ0n) is 16.5. The van der Waals surface area contributed by atoms with Crippen LogP contribution in [0.5, 0.6) is 0 Å². The molecule has 1 heterocycles. The highest BCUT2D eigenvalue weighted by atomic mass is 31.2. The van der Waals surface area contributed by atoms with E-state index in [-0.39, 0.29) is 36.5 Å². The number of hydrogen-bond acceptors (Lipinski definition) is 5. The molecule has 0 N–H and O–H groups in total. The van der Waals surface area contributed by atoms with Crippen molar-refractivity contribution in [2.75, 3.05) is 26.3 Å². The fourth-order valence-electron chi connectivity index (χ4n) is 2.48. The molecule has 0 aliphatic heterocycles. The first-order valence-corrected chi connectivity index (χ1v) is 10.6. The minimum atomic E-state index is -3.32. The maximum Gasteiger partial charge on any atom is 0.335 e. The molecule has 0 bridgehead atoms. The van der Waals surface area contributed by atoms with E-state index in [2.05, 4.69) is 0 Å². The Bertz CT molecular complexity index is 603. The summed E-state index contributed by atoms with van der Waals surface area (Å²) in [5.41, 5.74) is 0.310. The van der Waals surface area contributed by atoms with Crippen LogP contribution in [0.1, 0.15) is 70.3 Å². The van der Waals surface area contributed by atoms with Crippen molar-refractivity contribution < 1.29 is 22.8 Å². The number of furan rings is 1. The van der Waals surface area contributed by atoms with Gasteiger partial charge in [0.1, 0.15) is 5.76 Å². The summed E-state index contributed by atoms with van der Waals surface area (Å²) in [4.78, 5) is 14.5. The van der Waals surface area contributed by atoms with Crippen molar-refractivity contribution in [3.63, 3.8) is 0 Å². The minimum Gasteiger partial charge on any atom is -0.455 e. The molecule has 1 amide bonds. The molecular weight excluding hydrogens is 341 g/mol. The number of carbonyl (C=O) groups is 1. The molecule has 1 aromatic rings. The predicted octanol–water partition coefficient (Wildman–Crippen LogP) is 4.83. The number of rotatable bonds is 9. The molecule has 0 aliphatic rings. The number of carbonyl (C=O) groups excluding carboxylic acids is 1. The van der Waals surface area contributed by atoms with Crippen molar-refractivity contribution in [3.05, 3.63) is 23.2 Å². The van der Waals surface area contributed by atoms with Crippen LogP contribution in [0.3, 0.4) is 0 Å². The van der Waals surface area contributed by atoms with Crippen LogP contribution in [0.25, 0.3) is 0 Å². The van der Waals surface area contributed by atoms with Crippen LogP contribution >= 0.6 is 7.60 Å². The third-order valence-corrected chi connectivity index (χ3v) is 5.84. The van der Waals surface area contributed by atoms with E-state index in [1.54, 1.807) is 24.8 Å². The van der Waals surface area contributed by atoms with Crippen molar-refractivity contribution in [3.8, 4) is 0 Å². The van der Waals surface area contributed by atoms with Gasteiger partial charge in [-0.3, -0.25) is 9.36 Å². The molecule has 144 valence electrons. The Balaban J connectivity index is 3.34. The van der Waals surface area contributed by atoms with Crippen LogP contribution in [0.4, 0.5) is 0 Å². The van der Waals surface area contributed by atoms with Crippen LogP contribution in [0.15, 0.2) is 10.5 Å². The standard InChI is InChI=1S/C18H32NO5P/c1-8-19(9-2)17(20)16-14(12-15(24-16)18(5,6)7)13-25(21,22-10-3)23-11-4/h12H,8-11,13H2,1-7H3. The second-order valence-electron chi connectivity index (χ2n) is 6.80. The third-order valence-electron chi connectivity index (χ3n) is 3.81. The average molecular weight is 373 g/mol. The van der Waals surface area contributed by atoms with Gasteiger partial charge in [-0.05, 0) is 33.8 Å². The molecule has 25 heavy (non-hydrogen) atoms. The zero-order valence-corrected chi connectivity index (χ0v) is 17.4. The molecule has 0 radical (unpaired) electrons. The van der Waals surface area contributed by atoms with E-state index in [0.717, 1.165) is 0 Å². The summed E-state index contributed by atoms with van der Waals surface area (Å²) >= 11 is 0. The molecule has 1 aromatic heterocycles. The van der Waals surface area contributed by atoms with E-state index in [4.69, 9.17) is 13.5 Å². The van der Waals surface area contributed by atoms with Gasteiger partial charge in [-0.1, -0.05) is 20.8 Å². The molecule has 0 saturated carbocycles. The van der Waals surface area contributed by atoms with Crippen LogP contribution in [-0.2, 0) is 25.2 Å². The Labute approximate surface area is 151 Å². The Kier molecular flexibility index (Phi) is 7.91. The molecule has 0 unspecified atom stereocenters. The average Bonchev–Trinajstić information content (AvgIpc) is 2.92. The first-order chi connectivity index (χ1) is 11.6. The smallest absolute Gasteiger partial charge is 0.335 e. The van der Waals surface area contributed by atoms with E-state index in [1.807, 2.05) is 34.6 Å². The summed E-state index contributed by atoms with van der Waals surface area (Å²) in [5.74, 6) is 0.709. The summed E-state index contributed by atoms with van der Waals surface area (Å²) < 4.78 is 29.6. The molecule has 0 atom stereocenters. The number of amides is 1. The normalized spacial score (nSPS) is 12.4.